The molecule has 0 aliphatic carbocycles. The summed E-state index contributed by atoms with van der Waals surface area (Å²) in [7, 11) is 1.65. The molecule has 28 heavy (non-hydrogen) atoms. The Morgan fingerprint density at radius 2 is 2.00 bits per heavy atom. The van der Waals surface area contributed by atoms with Gasteiger partial charge in [-0.1, -0.05) is 0 Å². The zero-order valence-corrected chi connectivity index (χ0v) is 15.4. The highest BCUT2D eigenvalue weighted by molar-refractivity contribution is 5.75. The molecule has 0 bridgehead atoms. The first kappa shape index (κ1) is 17.9. The highest BCUT2D eigenvalue weighted by Gasteiger charge is 2.07. The van der Waals surface area contributed by atoms with E-state index in [1.165, 1.54) is 0 Å². The van der Waals surface area contributed by atoms with E-state index in [4.69, 9.17) is 4.74 Å². The summed E-state index contributed by atoms with van der Waals surface area (Å²) in [4.78, 5) is 21.2. The number of nitrogens with one attached hydrogen (secondary N) is 1. The Kier molecular flexibility index (Phi) is 5.11. The SMILES string of the molecule is COCCCn1c(=O)ccc2cnc(Nc3ccc(-n4cccn4)cc3)nc21. The lowest BCUT2D eigenvalue weighted by molar-refractivity contribution is 0.190. The number of fused-ring (bicyclic) bond motifs is 1. The summed E-state index contributed by atoms with van der Waals surface area (Å²) in [6.07, 6.45) is 6.07. The maximum absolute atomic E-state index is 12.3. The first-order valence-electron chi connectivity index (χ1n) is 8.97. The fourth-order valence-corrected chi connectivity index (χ4v) is 2.96. The van der Waals surface area contributed by atoms with E-state index in [-0.39, 0.29) is 5.56 Å². The van der Waals surface area contributed by atoms with Crippen LogP contribution in [0.3, 0.4) is 0 Å². The van der Waals surface area contributed by atoms with Crippen molar-refractivity contribution in [3.8, 4) is 5.69 Å². The second-order valence-electron chi connectivity index (χ2n) is 6.26. The Bertz CT molecular complexity index is 1120. The number of aryl methyl sites for hydroxylation is 1. The molecule has 0 spiro atoms. The summed E-state index contributed by atoms with van der Waals surface area (Å²) < 4.78 is 8.53. The number of methoxy groups -OCH3 is 1. The molecule has 0 fully saturated rings. The monoisotopic (exact) mass is 376 g/mol. The van der Waals surface area contributed by atoms with Crippen LogP contribution in [0.5, 0.6) is 0 Å². The number of nitrogens with zero attached hydrogens (tertiary/aromatic N) is 5. The second-order valence-corrected chi connectivity index (χ2v) is 6.26. The molecule has 0 saturated heterocycles. The van der Waals surface area contributed by atoms with Gasteiger partial charge in [-0.05, 0) is 42.8 Å². The lowest BCUT2D eigenvalue weighted by atomic mass is 10.3. The van der Waals surface area contributed by atoms with Gasteiger partial charge in [0.25, 0.3) is 5.56 Å². The first-order valence-corrected chi connectivity index (χ1v) is 8.97. The largest absolute Gasteiger partial charge is 0.385 e. The van der Waals surface area contributed by atoms with Crippen LogP contribution in [0.2, 0.25) is 0 Å². The van der Waals surface area contributed by atoms with E-state index in [1.54, 1.807) is 40.9 Å². The topological polar surface area (TPSA) is 86.9 Å². The summed E-state index contributed by atoms with van der Waals surface area (Å²) in [6.45, 7) is 1.13. The Balaban J connectivity index is 1.60. The van der Waals surface area contributed by atoms with Crippen LogP contribution in [-0.2, 0) is 11.3 Å². The molecule has 8 nitrogen and oxygen atoms in total. The lowest BCUT2D eigenvalue weighted by Crippen LogP contribution is -2.21. The third kappa shape index (κ3) is 3.77. The van der Waals surface area contributed by atoms with E-state index < -0.39 is 0 Å². The van der Waals surface area contributed by atoms with E-state index >= 15 is 0 Å². The van der Waals surface area contributed by atoms with Crippen molar-refractivity contribution in [1.82, 2.24) is 24.3 Å². The van der Waals surface area contributed by atoms with Gasteiger partial charge >= 0.3 is 0 Å². The van der Waals surface area contributed by atoms with Crippen molar-refractivity contribution in [3.63, 3.8) is 0 Å². The molecule has 4 rings (SSSR count). The maximum atomic E-state index is 12.3. The second kappa shape index (κ2) is 8.01. The fourth-order valence-electron chi connectivity index (χ4n) is 2.96. The van der Waals surface area contributed by atoms with Crippen molar-refractivity contribution in [2.75, 3.05) is 19.0 Å². The summed E-state index contributed by atoms with van der Waals surface area (Å²) in [5.41, 5.74) is 2.33. The molecule has 4 aromatic rings. The van der Waals surface area contributed by atoms with Crippen molar-refractivity contribution in [2.45, 2.75) is 13.0 Å². The minimum atomic E-state index is -0.0863. The van der Waals surface area contributed by atoms with E-state index in [1.807, 2.05) is 36.5 Å². The molecule has 8 heteroatoms. The zero-order chi connectivity index (χ0) is 19.3. The Labute approximate surface area is 161 Å². The summed E-state index contributed by atoms with van der Waals surface area (Å²) >= 11 is 0. The standard InChI is InChI=1S/C20H20N6O2/c1-28-13-3-11-25-18(27)9-4-15-14-21-20(24-19(15)25)23-16-5-7-17(8-6-16)26-12-2-10-22-26/h2,4-10,12,14H,3,11,13H2,1H3,(H,21,23,24). The molecular formula is C20H20N6O2. The molecule has 1 aromatic carbocycles. The minimum Gasteiger partial charge on any atom is -0.385 e. The van der Waals surface area contributed by atoms with E-state index in [0.717, 1.165) is 23.2 Å². The molecule has 0 saturated carbocycles. The zero-order valence-electron chi connectivity index (χ0n) is 15.4. The third-order valence-corrected chi connectivity index (χ3v) is 4.35. The average Bonchev–Trinajstić information content (AvgIpc) is 3.25. The normalized spacial score (nSPS) is 11.0. The fraction of sp³-hybridized carbons (Fsp3) is 0.200. The van der Waals surface area contributed by atoms with Crippen molar-refractivity contribution in [1.29, 1.82) is 0 Å². The van der Waals surface area contributed by atoms with Crippen LogP contribution >= 0.6 is 0 Å². The van der Waals surface area contributed by atoms with Crippen LogP contribution in [0.25, 0.3) is 16.7 Å². The molecule has 142 valence electrons. The van der Waals surface area contributed by atoms with Gasteiger partial charge in [0.15, 0.2) is 0 Å². The minimum absolute atomic E-state index is 0.0863. The smallest absolute Gasteiger partial charge is 0.252 e. The van der Waals surface area contributed by atoms with Crippen LogP contribution in [0.1, 0.15) is 6.42 Å². The lowest BCUT2D eigenvalue weighted by Gasteiger charge is -2.11. The van der Waals surface area contributed by atoms with Crippen LogP contribution < -0.4 is 10.9 Å². The number of rotatable bonds is 7. The van der Waals surface area contributed by atoms with Gasteiger partial charge in [0.2, 0.25) is 5.95 Å². The van der Waals surface area contributed by atoms with E-state index in [9.17, 15) is 4.79 Å². The van der Waals surface area contributed by atoms with Crippen molar-refractivity contribution >= 4 is 22.7 Å². The third-order valence-electron chi connectivity index (χ3n) is 4.35. The van der Waals surface area contributed by atoms with Gasteiger partial charge in [0.05, 0.1) is 5.69 Å². The Morgan fingerprint density at radius 3 is 2.75 bits per heavy atom. The van der Waals surface area contributed by atoms with Crippen LogP contribution in [-0.4, -0.2) is 38.0 Å². The van der Waals surface area contributed by atoms with Crippen LogP contribution in [0.4, 0.5) is 11.6 Å². The molecule has 3 aromatic heterocycles. The predicted octanol–water partition coefficient (Wildman–Crippen LogP) is 2.76. The van der Waals surface area contributed by atoms with Gasteiger partial charge in [-0.2, -0.15) is 10.1 Å². The molecule has 0 aliphatic rings. The number of benzene rings is 1. The van der Waals surface area contributed by atoms with Crippen molar-refractivity contribution < 1.29 is 4.74 Å². The molecule has 0 amide bonds. The highest BCUT2D eigenvalue weighted by Crippen LogP contribution is 2.18. The molecule has 0 unspecified atom stereocenters. The number of hydrogen-bond acceptors (Lipinski definition) is 6. The van der Waals surface area contributed by atoms with E-state index in [2.05, 4.69) is 20.4 Å². The van der Waals surface area contributed by atoms with Gasteiger partial charge in [0, 0.05) is 56.0 Å². The first-order chi connectivity index (χ1) is 13.7. The number of anilines is 2. The number of hydrogen-bond donors (Lipinski definition) is 1. The molecule has 3 heterocycles. The molecule has 1 N–H and O–H groups in total. The maximum Gasteiger partial charge on any atom is 0.252 e. The van der Waals surface area contributed by atoms with Crippen molar-refractivity contribution in [2.24, 2.45) is 0 Å². The van der Waals surface area contributed by atoms with Crippen molar-refractivity contribution in [3.05, 3.63) is 71.4 Å². The van der Waals surface area contributed by atoms with Crippen LogP contribution in [0, 0.1) is 0 Å². The molecule has 0 atom stereocenters. The Hall–Kier alpha value is -3.52. The molecule has 0 aliphatic heterocycles. The molecular weight excluding hydrogens is 356 g/mol. The quantitative estimate of drug-likeness (QED) is 0.499. The van der Waals surface area contributed by atoms with Gasteiger partial charge in [-0.25, -0.2) is 9.67 Å². The summed E-state index contributed by atoms with van der Waals surface area (Å²) in [6, 6.07) is 12.9. The van der Waals surface area contributed by atoms with Crippen LogP contribution in [0.15, 0.2) is 65.8 Å². The van der Waals surface area contributed by atoms with Gasteiger partial charge in [-0.15, -0.1) is 0 Å². The summed E-state index contributed by atoms with van der Waals surface area (Å²) in [5, 5.41) is 8.22. The predicted molar refractivity (Wildman–Crippen MR) is 107 cm³/mol. The number of pyridine rings is 1. The summed E-state index contributed by atoms with van der Waals surface area (Å²) in [5.74, 6) is 0.436. The number of ether oxygens (including phenoxy) is 1. The Morgan fingerprint density at radius 1 is 1.14 bits per heavy atom. The molecule has 0 radical (unpaired) electrons. The van der Waals surface area contributed by atoms with E-state index in [0.29, 0.717) is 24.7 Å². The average molecular weight is 376 g/mol. The highest BCUT2D eigenvalue weighted by atomic mass is 16.5. The van der Waals surface area contributed by atoms with Gasteiger partial charge in [0.1, 0.15) is 5.65 Å². The van der Waals surface area contributed by atoms with Gasteiger partial charge in [-0.3, -0.25) is 9.36 Å². The van der Waals surface area contributed by atoms with Gasteiger partial charge < -0.3 is 10.1 Å². The number of aromatic nitrogens is 5.